The molecule has 2 aromatic rings. The molecule has 0 aliphatic heterocycles. The van der Waals surface area contributed by atoms with Crippen LogP contribution < -0.4 is 5.32 Å². The van der Waals surface area contributed by atoms with Crippen molar-refractivity contribution in [2.75, 3.05) is 5.32 Å². The maximum absolute atomic E-state index is 4.08. The lowest BCUT2D eigenvalue weighted by Crippen LogP contribution is -1.92. The average Bonchev–Trinajstić information content (AvgIpc) is 2.31. The number of anilines is 2. The lowest BCUT2D eigenvalue weighted by atomic mass is 10.1. The molecule has 0 atom stereocenters. The summed E-state index contributed by atoms with van der Waals surface area (Å²) in [7, 11) is 0. The number of hydrogen-bond acceptors (Lipinski definition) is 2. The molecule has 0 bridgehead atoms. The predicted molar refractivity (Wildman–Crippen MR) is 68.0 cm³/mol. The fourth-order valence-electron chi connectivity index (χ4n) is 1.70. The molecule has 1 aromatic heterocycles. The van der Waals surface area contributed by atoms with Crippen molar-refractivity contribution in [2.24, 2.45) is 0 Å². The highest BCUT2D eigenvalue weighted by atomic mass is 14.9. The fraction of sp³-hybridized carbons (Fsp3) is 0.214. The zero-order valence-corrected chi connectivity index (χ0v) is 9.48. The van der Waals surface area contributed by atoms with Crippen molar-refractivity contribution in [2.45, 2.75) is 19.8 Å². The Morgan fingerprint density at radius 2 is 2.00 bits per heavy atom. The van der Waals surface area contributed by atoms with Crippen molar-refractivity contribution >= 4 is 11.4 Å². The molecule has 1 N–H and O–H groups in total. The Kier molecular flexibility index (Phi) is 3.54. The molecule has 0 fully saturated rings. The van der Waals surface area contributed by atoms with Crippen LogP contribution >= 0.6 is 0 Å². The number of aromatic nitrogens is 1. The second-order valence-corrected chi connectivity index (χ2v) is 3.82. The Labute approximate surface area is 96.4 Å². The number of nitrogens with one attached hydrogen (secondary N) is 1. The van der Waals surface area contributed by atoms with Crippen LogP contribution in [0.5, 0.6) is 0 Å². The van der Waals surface area contributed by atoms with Gasteiger partial charge in [-0.05, 0) is 36.2 Å². The van der Waals surface area contributed by atoms with Crippen LogP contribution in [0.1, 0.15) is 18.9 Å². The quantitative estimate of drug-likeness (QED) is 0.834. The topological polar surface area (TPSA) is 24.9 Å². The molecule has 0 aliphatic carbocycles. The molecule has 82 valence electrons. The summed E-state index contributed by atoms with van der Waals surface area (Å²) in [6, 6.07) is 12.5. The van der Waals surface area contributed by atoms with E-state index in [1.54, 1.807) is 6.20 Å². The first-order valence-corrected chi connectivity index (χ1v) is 5.64. The van der Waals surface area contributed by atoms with Crippen molar-refractivity contribution < 1.29 is 0 Å². The van der Waals surface area contributed by atoms with Crippen LogP contribution in [0.15, 0.2) is 48.8 Å². The smallest absolute Gasteiger partial charge is 0.0570 e. The van der Waals surface area contributed by atoms with Crippen LogP contribution in [0.25, 0.3) is 0 Å². The molecular formula is C14H16N2. The average molecular weight is 212 g/mol. The van der Waals surface area contributed by atoms with Gasteiger partial charge in [-0.15, -0.1) is 0 Å². The molecule has 2 heteroatoms. The summed E-state index contributed by atoms with van der Waals surface area (Å²) in [6.07, 6.45) is 5.91. The zero-order chi connectivity index (χ0) is 11.2. The van der Waals surface area contributed by atoms with Crippen LogP contribution in [-0.2, 0) is 6.42 Å². The largest absolute Gasteiger partial charge is 0.354 e. The van der Waals surface area contributed by atoms with E-state index in [-0.39, 0.29) is 0 Å². The molecule has 2 rings (SSSR count). The third kappa shape index (κ3) is 2.83. The number of benzene rings is 1. The van der Waals surface area contributed by atoms with Gasteiger partial charge in [0.1, 0.15) is 0 Å². The second kappa shape index (κ2) is 5.31. The van der Waals surface area contributed by atoms with Gasteiger partial charge in [0.05, 0.1) is 11.9 Å². The molecule has 0 radical (unpaired) electrons. The summed E-state index contributed by atoms with van der Waals surface area (Å²) in [5.74, 6) is 0. The van der Waals surface area contributed by atoms with E-state index in [2.05, 4.69) is 41.5 Å². The van der Waals surface area contributed by atoms with Gasteiger partial charge in [-0.1, -0.05) is 25.5 Å². The number of nitrogens with zero attached hydrogens (tertiary/aromatic N) is 1. The van der Waals surface area contributed by atoms with E-state index in [1.165, 1.54) is 12.0 Å². The first-order chi connectivity index (χ1) is 7.88. The minimum atomic E-state index is 1.02. The van der Waals surface area contributed by atoms with Gasteiger partial charge >= 0.3 is 0 Å². The van der Waals surface area contributed by atoms with E-state index in [4.69, 9.17) is 0 Å². The van der Waals surface area contributed by atoms with Gasteiger partial charge in [-0.3, -0.25) is 4.98 Å². The summed E-state index contributed by atoms with van der Waals surface area (Å²) in [6.45, 7) is 2.20. The van der Waals surface area contributed by atoms with Crippen LogP contribution in [0.3, 0.4) is 0 Å². The van der Waals surface area contributed by atoms with Crippen LogP contribution in [0, 0.1) is 0 Å². The van der Waals surface area contributed by atoms with Gasteiger partial charge in [0, 0.05) is 11.9 Å². The number of aryl methyl sites for hydroxylation is 1. The summed E-state index contributed by atoms with van der Waals surface area (Å²) in [5.41, 5.74) is 3.52. The van der Waals surface area contributed by atoms with Gasteiger partial charge in [0.2, 0.25) is 0 Å². The van der Waals surface area contributed by atoms with Crippen molar-refractivity contribution in [1.82, 2.24) is 4.98 Å². The van der Waals surface area contributed by atoms with E-state index in [9.17, 15) is 0 Å². The van der Waals surface area contributed by atoms with Gasteiger partial charge in [-0.25, -0.2) is 0 Å². The Morgan fingerprint density at radius 3 is 2.75 bits per heavy atom. The molecular weight excluding hydrogens is 196 g/mol. The maximum Gasteiger partial charge on any atom is 0.0570 e. The Bertz CT molecular complexity index is 437. The molecule has 0 aliphatic rings. The van der Waals surface area contributed by atoms with E-state index >= 15 is 0 Å². The van der Waals surface area contributed by atoms with Crippen molar-refractivity contribution in [3.8, 4) is 0 Å². The summed E-state index contributed by atoms with van der Waals surface area (Å²) < 4.78 is 0. The first-order valence-electron chi connectivity index (χ1n) is 5.64. The normalized spacial score (nSPS) is 10.1. The number of hydrogen-bond donors (Lipinski definition) is 1. The van der Waals surface area contributed by atoms with E-state index in [0.29, 0.717) is 0 Å². The molecule has 0 amide bonds. The highest BCUT2D eigenvalue weighted by Gasteiger charge is 1.96. The van der Waals surface area contributed by atoms with Crippen LogP contribution in [-0.4, -0.2) is 4.98 Å². The van der Waals surface area contributed by atoms with Crippen molar-refractivity contribution in [3.63, 3.8) is 0 Å². The first kappa shape index (κ1) is 10.7. The van der Waals surface area contributed by atoms with E-state index < -0.39 is 0 Å². The Morgan fingerprint density at radius 1 is 1.12 bits per heavy atom. The van der Waals surface area contributed by atoms with E-state index in [0.717, 1.165) is 17.8 Å². The Hall–Kier alpha value is -1.83. The SMILES string of the molecule is CCCc1cccc(Nc2cccnc2)c1. The van der Waals surface area contributed by atoms with E-state index in [1.807, 2.05) is 18.3 Å². The lowest BCUT2D eigenvalue weighted by Gasteiger charge is -2.07. The maximum atomic E-state index is 4.08. The van der Waals surface area contributed by atoms with Crippen LogP contribution in [0.4, 0.5) is 11.4 Å². The minimum absolute atomic E-state index is 1.02. The molecule has 0 saturated carbocycles. The number of pyridine rings is 1. The monoisotopic (exact) mass is 212 g/mol. The molecule has 1 aromatic carbocycles. The second-order valence-electron chi connectivity index (χ2n) is 3.82. The van der Waals surface area contributed by atoms with Gasteiger partial charge in [-0.2, -0.15) is 0 Å². The van der Waals surface area contributed by atoms with Gasteiger partial charge < -0.3 is 5.32 Å². The molecule has 1 heterocycles. The molecule has 2 nitrogen and oxygen atoms in total. The molecule has 16 heavy (non-hydrogen) atoms. The minimum Gasteiger partial charge on any atom is -0.354 e. The highest BCUT2D eigenvalue weighted by Crippen LogP contribution is 2.17. The van der Waals surface area contributed by atoms with Gasteiger partial charge in [0.25, 0.3) is 0 Å². The third-order valence-electron chi connectivity index (χ3n) is 2.42. The highest BCUT2D eigenvalue weighted by molar-refractivity contribution is 5.59. The summed E-state index contributed by atoms with van der Waals surface area (Å²) >= 11 is 0. The van der Waals surface area contributed by atoms with Crippen molar-refractivity contribution in [1.29, 1.82) is 0 Å². The lowest BCUT2D eigenvalue weighted by molar-refractivity contribution is 0.922. The standard InChI is InChI=1S/C14H16N2/c1-2-5-12-6-3-7-13(10-12)16-14-8-4-9-15-11-14/h3-4,6-11,16H,2,5H2,1H3. The predicted octanol–water partition coefficient (Wildman–Crippen LogP) is 3.78. The fourth-order valence-corrected chi connectivity index (χ4v) is 1.70. The molecule has 0 unspecified atom stereocenters. The summed E-state index contributed by atoms with van der Waals surface area (Å²) in [5, 5.41) is 3.34. The summed E-state index contributed by atoms with van der Waals surface area (Å²) in [4.78, 5) is 4.08. The third-order valence-corrected chi connectivity index (χ3v) is 2.42. The number of rotatable bonds is 4. The zero-order valence-electron chi connectivity index (χ0n) is 9.48. The van der Waals surface area contributed by atoms with Gasteiger partial charge in [0.15, 0.2) is 0 Å². The Balaban J connectivity index is 2.12. The van der Waals surface area contributed by atoms with Crippen LogP contribution in [0.2, 0.25) is 0 Å². The van der Waals surface area contributed by atoms with Crippen molar-refractivity contribution in [3.05, 3.63) is 54.4 Å². The molecule has 0 spiro atoms. The molecule has 0 saturated heterocycles.